The van der Waals surface area contributed by atoms with E-state index in [4.69, 9.17) is 0 Å². The summed E-state index contributed by atoms with van der Waals surface area (Å²) < 4.78 is 22.1. The molecule has 2 N–H and O–H groups in total. The fraction of sp³-hybridized carbons (Fsp3) is 0.417. The third-order valence-electron chi connectivity index (χ3n) is 2.87. The number of fused-ring (bicyclic) bond motifs is 1. The van der Waals surface area contributed by atoms with Gasteiger partial charge in [0.15, 0.2) is 0 Å². The lowest BCUT2D eigenvalue weighted by Crippen LogP contribution is -2.23. The zero-order valence-electron chi connectivity index (χ0n) is 10.8. The first-order valence-corrected chi connectivity index (χ1v) is 8.88. The van der Waals surface area contributed by atoms with Crippen molar-refractivity contribution in [3.05, 3.63) is 23.8 Å². The Morgan fingerprint density at radius 2 is 2.16 bits per heavy atom. The van der Waals surface area contributed by atoms with E-state index in [9.17, 15) is 13.2 Å². The topological polar surface area (TPSA) is 75.3 Å². The average Bonchev–Trinajstić information content (AvgIpc) is 2.61. The van der Waals surface area contributed by atoms with Gasteiger partial charge >= 0.3 is 0 Å². The lowest BCUT2D eigenvalue weighted by molar-refractivity contribution is -0.117. The van der Waals surface area contributed by atoms with Crippen molar-refractivity contribution < 1.29 is 13.2 Å². The molecule has 0 spiro atoms. The molecule has 0 bridgehead atoms. The maximum absolute atomic E-state index is 11.7. The fourth-order valence-corrected chi connectivity index (χ4v) is 4.07. The molecule has 1 aromatic carbocycles. The van der Waals surface area contributed by atoms with Crippen LogP contribution in [0.1, 0.15) is 11.6 Å². The van der Waals surface area contributed by atoms with E-state index in [-0.39, 0.29) is 17.7 Å². The minimum absolute atomic E-state index is 0.0595. The number of carbonyl (C=O) groups excluding carboxylic acids is 1. The predicted octanol–water partition coefficient (Wildman–Crippen LogP) is 1.04. The molecular formula is C12H16N2O3S2. The van der Waals surface area contributed by atoms with Crippen molar-refractivity contribution in [1.29, 1.82) is 0 Å². The third kappa shape index (κ3) is 3.49. The molecule has 104 valence electrons. The molecule has 0 saturated carbocycles. The number of nitrogens with one attached hydrogen (secondary N) is 2. The summed E-state index contributed by atoms with van der Waals surface area (Å²) >= 11 is 1.47. The van der Waals surface area contributed by atoms with Crippen molar-refractivity contribution in [3.8, 4) is 0 Å². The second-order valence-electron chi connectivity index (χ2n) is 4.44. The van der Waals surface area contributed by atoms with Crippen molar-refractivity contribution in [2.75, 3.05) is 30.1 Å². The van der Waals surface area contributed by atoms with E-state index in [0.29, 0.717) is 5.75 Å². The lowest BCUT2D eigenvalue weighted by Gasteiger charge is -2.07. The highest BCUT2D eigenvalue weighted by atomic mass is 32.2. The number of amides is 1. The van der Waals surface area contributed by atoms with Crippen molar-refractivity contribution in [1.82, 2.24) is 5.32 Å². The molecule has 1 heterocycles. The Bertz CT molecular complexity index is 599. The molecule has 2 rings (SSSR count). The second kappa shape index (κ2) is 5.52. The van der Waals surface area contributed by atoms with E-state index in [1.54, 1.807) is 7.05 Å². The Labute approximate surface area is 117 Å². The van der Waals surface area contributed by atoms with Gasteiger partial charge in [-0.25, -0.2) is 8.42 Å². The molecule has 0 aliphatic carbocycles. The molecule has 1 aliphatic heterocycles. The van der Waals surface area contributed by atoms with Gasteiger partial charge in [0.1, 0.15) is 15.9 Å². The number of hydrogen-bond donors (Lipinski definition) is 2. The van der Waals surface area contributed by atoms with Gasteiger partial charge in [-0.3, -0.25) is 4.79 Å². The lowest BCUT2D eigenvalue weighted by atomic mass is 10.1. The highest BCUT2D eigenvalue weighted by Gasteiger charge is 2.28. The van der Waals surface area contributed by atoms with Crippen molar-refractivity contribution in [3.63, 3.8) is 0 Å². The van der Waals surface area contributed by atoms with Crippen LogP contribution >= 0.6 is 11.8 Å². The van der Waals surface area contributed by atoms with Gasteiger partial charge in [0.2, 0.25) is 5.91 Å². The molecule has 19 heavy (non-hydrogen) atoms. The molecule has 5 nitrogen and oxygen atoms in total. The van der Waals surface area contributed by atoms with Gasteiger partial charge in [0.25, 0.3) is 0 Å². The van der Waals surface area contributed by atoms with Crippen LogP contribution in [0.3, 0.4) is 0 Å². The van der Waals surface area contributed by atoms with Crippen molar-refractivity contribution >= 4 is 33.2 Å². The largest absolute Gasteiger partial charge is 0.324 e. The Balaban J connectivity index is 2.07. The highest BCUT2D eigenvalue weighted by molar-refractivity contribution is 8.00. The molecule has 7 heteroatoms. The summed E-state index contributed by atoms with van der Waals surface area (Å²) in [7, 11) is -1.18. The van der Waals surface area contributed by atoms with Gasteiger partial charge in [0.05, 0.1) is 5.75 Å². The van der Waals surface area contributed by atoms with Gasteiger partial charge in [-0.15, -0.1) is 11.8 Å². The SMILES string of the molecule is CNC1C(=O)Nc2cc(SCCS(C)(=O)=O)ccc21. The number of likely N-dealkylation sites (N-methyl/N-ethyl adjacent to an activating group) is 1. The van der Waals surface area contributed by atoms with E-state index in [1.807, 2.05) is 18.2 Å². The van der Waals surface area contributed by atoms with Crippen LogP contribution in [0.15, 0.2) is 23.1 Å². The molecule has 0 fully saturated rings. The standard InChI is InChI=1S/C12H16N2O3S2/c1-13-11-9-4-3-8(7-10(9)14-12(11)15)18-5-6-19(2,16)17/h3-4,7,11,13H,5-6H2,1-2H3,(H,14,15). The zero-order chi connectivity index (χ0) is 14.0. The molecule has 0 radical (unpaired) electrons. The predicted molar refractivity (Wildman–Crippen MR) is 77.3 cm³/mol. The molecule has 1 atom stereocenters. The van der Waals surface area contributed by atoms with Crippen LogP contribution in [-0.4, -0.2) is 39.1 Å². The van der Waals surface area contributed by atoms with Gasteiger partial charge < -0.3 is 10.6 Å². The molecule has 1 aromatic rings. The van der Waals surface area contributed by atoms with E-state index in [0.717, 1.165) is 16.1 Å². The molecule has 0 saturated heterocycles. The molecular weight excluding hydrogens is 284 g/mol. The van der Waals surface area contributed by atoms with Crippen LogP contribution in [-0.2, 0) is 14.6 Å². The van der Waals surface area contributed by atoms with Crippen LogP contribution in [0.4, 0.5) is 5.69 Å². The number of hydrogen-bond acceptors (Lipinski definition) is 5. The Kier molecular flexibility index (Phi) is 4.17. The summed E-state index contributed by atoms with van der Waals surface area (Å²) in [6, 6.07) is 5.40. The molecule has 1 unspecified atom stereocenters. The number of benzene rings is 1. The smallest absolute Gasteiger partial charge is 0.246 e. The summed E-state index contributed by atoms with van der Waals surface area (Å²) in [5.41, 5.74) is 1.73. The first-order valence-electron chi connectivity index (χ1n) is 5.83. The quantitative estimate of drug-likeness (QED) is 0.795. The van der Waals surface area contributed by atoms with Crippen LogP contribution in [0.5, 0.6) is 0 Å². The normalized spacial score (nSPS) is 18.2. The van der Waals surface area contributed by atoms with Gasteiger partial charge in [-0.05, 0) is 19.2 Å². The van der Waals surface area contributed by atoms with E-state index in [1.165, 1.54) is 18.0 Å². The number of thioether (sulfide) groups is 1. The monoisotopic (exact) mass is 300 g/mol. The van der Waals surface area contributed by atoms with Crippen LogP contribution < -0.4 is 10.6 Å². The third-order valence-corrected chi connectivity index (χ3v) is 5.07. The Morgan fingerprint density at radius 1 is 1.42 bits per heavy atom. The van der Waals surface area contributed by atoms with E-state index >= 15 is 0 Å². The number of carbonyl (C=O) groups is 1. The average molecular weight is 300 g/mol. The van der Waals surface area contributed by atoms with Gasteiger partial charge in [0, 0.05) is 28.2 Å². The van der Waals surface area contributed by atoms with Crippen LogP contribution in [0, 0.1) is 0 Å². The first kappa shape index (κ1) is 14.4. The summed E-state index contributed by atoms with van der Waals surface area (Å²) in [4.78, 5) is 12.6. The van der Waals surface area contributed by atoms with E-state index < -0.39 is 9.84 Å². The number of anilines is 1. The minimum atomic E-state index is -2.93. The number of rotatable bonds is 5. The van der Waals surface area contributed by atoms with Crippen LogP contribution in [0.25, 0.3) is 0 Å². The zero-order valence-corrected chi connectivity index (χ0v) is 12.4. The van der Waals surface area contributed by atoms with Gasteiger partial charge in [-0.1, -0.05) is 6.07 Å². The molecule has 0 aromatic heterocycles. The number of sulfone groups is 1. The fourth-order valence-electron chi connectivity index (χ4n) is 1.93. The van der Waals surface area contributed by atoms with Crippen molar-refractivity contribution in [2.45, 2.75) is 10.9 Å². The van der Waals surface area contributed by atoms with Crippen molar-refractivity contribution in [2.24, 2.45) is 0 Å². The summed E-state index contributed by atoms with van der Waals surface area (Å²) in [5.74, 6) is 0.608. The van der Waals surface area contributed by atoms with E-state index in [2.05, 4.69) is 10.6 Å². The summed E-state index contributed by atoms with van der Waals surface area (Å²) in [6.45, 7) is 0. The van der Waals surface area contributed by atoms with Gasteiger partial charge in [-0.2, -0.15) is 0 Å². The highest BCUT2D eigenvalue weighted by Crippen LogP contribution is 2.33. The molecule has 1 amide bonds. The maximum atomic E-state index is 11.7. The Morgan fingerprint density at radius 3 is 2.79 bits per heavy atom. The Hall–Kier alpha value is -1.05. The summed E-state index contributed by atoms with van der Waals surface area (Å²) in [6.07, 6.45) is 1.23. The van der Waals surface area contributed by atoms with Crippen LogP contribution in [0.2, 0.25) is 0 Å². The maximum Gasteiger partial charge on any atom is 0.246 e. The minimum Gasteiger partial charge on any atom is -0.324 e. The second-order valence-corrected chi connectivity index (χ2v) is 7.87. The first-order chi connectivity index (χ1) is 8.90. The molecule has 1 aliphatic rings. The summed E-state index contributed by atoms with van der Waals surface area (Å²) in [5, 5.41) is 5.77.